The van der Waals surface area contributed by atoms with Gasteiger partial charge in [-0.3, -0.25) is 4.90 Å². The van der Waals surface area contributed by atoms with Gasteiger partial charge in [0.1, 0.15) is 11.6 Å². The molecule has 0 saturated heterocycles. The average Bonchev–Trinajstić information content (AvgIpc) is 3.34. The van der Waals surface area contributed by atoms with E-state index in [1.807, 2.05) is 0 Å². The van der Waals surface area contributed by atoms with Crippen LogP contribution in [0.25, 0.3) is 11.2 Å². The number of H-pyrrole nitrogens is 1. The van der Waals surface area contributed by atoms with Gasteiger partial charge >= 0.3 is 0 Å². The van der Waals surface area contributed by atoms with Crippen molar-refractivity contribution in [1.82, 2.24) is 19.9 Å². The van der Waals surface area contributed by atoms with Crippen LogP contribution in [0.5, 0.6) is 5.88 Å². The molecule has 1 N–H and O–H groups in total. The van der Waals surface area contributed by atoms with E-state index in [1.165, 1.54) is 24.1 Å². The van der Waals surface area contributed by atoms with Crippen molar-refractivity contribution in [3.8, 4) is 5.88 Å². The van der Waals surface area contributed by atoms with E-state index in [0.717, 1.165) is 56.0 Å². The van der Waals surface area contributed by atoms with Crippen molar-refractivity contribution in [3.05, 3.63) is 17.5 Å². The third kappa shape index (κ3) is 2.20. The van der Waals surface area contributed by atoms with E-state index < -0.39 is 0 Å². The highest BCUT2D eigenvalue weighted by Gasteiger charge is 2.31. The van der Waals surface area contributed by atoms with Crippen LogP contribution in [-0.2, 0) is 12.8 Å². The van der Waals surface area contributed by atoms with E-state index in [2.05, 4.69) is 19.9 Å². The van der Waals surface area contributed by atoms with Crippen molar-refractivity contribution in [2.24, 2.45) is 0 Å². The summed E-state index contributed by atoms with van der Waals surface area (Å²) in [7, 11) is 0. The molecule has 2 saturated carbocycles. The number of nitrogens with one attached hydrogen (secondary N) is 1. The molecular weight excluding hydrogens is 264 g/mol. The van der Waals surface area contributed by atoms with E-state index in [9.17, 15) is 0 Å². The van der Waals surface area contributed by atoms with Crippen molar-refractivity contribution in [1.29, 1.82) is 0 Å². The Bertz CT molecular complexity index is 687. The number of aromatic nitrogens is 3. The van der Waals surface area contributed by atoms with E-state index in [-0.39, 0.29) is 0 Å². The van der Waals surface area contributed by atoms with Crippen LogP contribution >= 0.6 is 0 Å². The molecule has 2 fully saturated rings. The first-order valence-electron chi connectivity index (χ1n) is 8.14. The van der Waals surface area contributed by atoms with Gasteiger partial charge in [0, 0.05) is 36.8 Å². The van der Waals surface area contributed by atoms with Crippen LogP contribution in [-0.4, -0.2) is 45.1 Å². The zero-order valence-corrected chi connectivity index (χ0v) is 12.1. The Balaban J connectivity index is 1.45. The minimum Gasteiger partial charge on any atom is -0.473 e. The number of fused-ring (bicyclic) bond motifs is 3. The summed E-state index contributed by atoms with van der Waals surface area (Å²) in [6, 6.07) is 0.852. The summed E-state index contributed by atoms with van der Waals surface area (Å²) in [5.41, 5.74) is 4.65. The van der Waals surface area contributed by atoms with E-state index in [4.69, 9.17) is 4.74 Å². The first-order chi connectivity index (χ1) is 10.4. The molecule has 2 aliphatic carbocycles. The number of hydrogen-bond donors (Lipinski definition) is 1. The Morgan fingerprint density at radius 3 is 2.81 bits per heavy atom. The molecule has 0 spiro atoms. The topological polar surface area (TPSA) is 54.0 Å². The highest BCUT2D eigenvalue weighted by molar-refractivity contribution is 5.77. The van der Waals surface area contributed by atoms with Gasteiger partial charge in [-0.25, -0.2) is 4.98 Å². The van der Waals surface area contributed by atoms with Crippen molar-refractivity contribution in [2.45, 2.75) is 50.7 Å². The average molecular weight is 284 g/mol. The van der Waals surface area contributed by atoms with Gasteiger partial charge in [0.15, 0.2) is 5.65 Å². The second kappa shape index (κ2) is 4.44. The van der Waals surface area contributed by atoms with Crippen LogP contribution in [0.3, 0.4) is 0 Å². The van der Waals surface area contributed by atoms with Gasteiger partial charge in [-0.1, -0.05) is 0 Å². The molecule has 21 heavy (non-hydrogen) atoms. The van der Waals surface area contributed by atoms with Gasteiger partial charge in [0.05, 0.1) is 6.20 Å². The highest BCUT2D eigenvalue weighted by Crippen LogP contribution is 2.31. The van der Waals surface area contributed by atoms with Crippen molar-refractivity contribution in [2.75, 3.05) is 13.1 Å². The molecule has 0 aromatic carbocycles. The normalized spacial score (nSPS) is 23.0. The predicted octanol–water partition coefficient (Wildman–Crippen LogP) is 2.06. The Kier molecular flexibility index (Phi) is 2.53. The van der Waals surface area contributed by atoms with Crippen LogP contribution in [0.1, 0.15) is 36.9 Å². The lowest BCUT2D eigenvalue weighted by atomic mass is 10.1. The monoisotopic (exact) mass is 284 g/mol. The fraction of sp³-hybridized carbons (Fsp3) is 0.625. The molecule has 5 rings (SSSR count). The lowest BCUT2D eigenvalue weighted by Gasteiger charge is -2.18. The van der Waals surface area contributed by atoms with Gasteiger partial charge in [-0.15, -0.1) is 0 Å². The summed E-state index contributed by atoms with van der Waals surface area (Å²) >= 11 is 0. The highest BCUT2D eigenvalue weighted by atomic mass is 16.5. The molecular formula is C16H20N4O. The SMILES string of the molecule is c1nc2c3c([nH]c2nc1OC1CC1)CCN(C1CC1)CC3. The molecule has 2 aromatic rings. The van der Waals surface area contributed by atoms with Gasteiger partial charge < -0.3 is 9.72 Å². The van der Waals surface area contributed by atoms with Crippen molar-refractivity contribution < 1.29 is 4.74 Å². The largest absolute Gasteiger partial charge is 0.473 e. The Hall–Kier alpha value is -1.62. The third-order valence-electron chi connectivity index (χ3n) is 4.84. The maximum atomic E-state index is 5.75. The van der Waals surface area contributed by atoms with Gasteiger partial charge in [-0.05, 0) is 32.1 Å². The Morgan fingerprint density at radius 1 is 1.14 bits per heavy atom. The standard InChI is InChI=1S/C16H20N4O/c1-2-10(1)20-7-5-12-13(6-8-20)18-16-15(12)17-9-14(19-16)21-11-3-4-11/h9-11H,1-8H2,(H,18,19). The predicted molar refractivity (Wildman–Crippen MR) is 79.5 cm³/mol. The minimum atomic E-state index is 0.372. The Labute approximate surface area is 123 Å². The van der Waals surface area contributed by atoms with E-state index >= 15 is 0 Å². The van der Waals surface area contributed by atoms with Gasteiger partial charge in [0.25, 0.3) is 0 Å². The lowest BCUT2D eigenvalue weighted by Crippen LogP contribution is -2.28. The molecule has 0 atom stereocenters. The second-order valence-electron chi connectivity index (χ2n) is 6.57. The van der Waals surface area contributed by atoms with Crippen LogP contribution in [0, 0.1) is 0 Å². The lowest BCUT2D eigenvalue weighted by molar-refractivity contribution is 0.276. The van der Waals surface area contributed by atoms with E-state index in [1.54, 1.807) is 6.20 Å². The Morgan fingerprint density at radius 2 is 2.00 bits per heavy atom. The summed E-state index contributed by atoms with van der Waals surface area (Å²) in [6.07, 6.45) is 9.41. The zero-order valence-electron chi connectivity index (χ0n) is 12.1. The maximum absolute atomic E-state index is 5.75. The fourth-order valence-corrected chi connectivity index (χ4v) is 3.37. The number of aromatic amines is 1. The summed E-state index contributed by atoms with van der Waals surface area (Å²) in [6.45, 7) is 2.32. The summed E-state index contributed by atoms with van der Waals surface area (Å²) in [4.78, 5) is 15.4. The molecule has 2 aromatic heterocycles. The van der Waals surface area contributed by atoms with Gasteiger partial charge in [-0.2, -0.15) is 4.98 Å². The molecule has 3 heterocycles. The molecule has 0 amide bonds. The number of hydrogen-bond acceptors (Lipinski definition) is 4. The van der Waals surface area contributed by atoms with Crippen molar-refractivity contribution >= 4 is 11.2 Å². The summed E-state index contributed by atoms with van der Waals surface area (Å²) in [5.74, 6) is 0.668. The number of rotatable bonds is 3. The van der Waals surface area contributed by atoms with Crippen LogP contribution in [0.2, 0.25) is 0 Å². The van der Waals surface area contributed by atoms with Crippen LogP contribution in [0.4, 0.5) is 0 Å². The van der Waals surface area contributed by atoms with Crippen LogP contribution in [0.15, 0.2) is 6.20 Å². The van der Waals surface area contributed by atoms with Gasteiger partial charge in [0.2, 0.25) is 5.88 Å². The molecule has 110 valence electrons. The second-order valence-corrected chi connectivity index (χ2v) is 6.57. The maximum Gasteiger partial charge on any atom is 0.234 e. The molecule has 0 unspecified atom stereocenters. The first kappa shape index (κ1) is 12.0. The zero-order chi connectivity index (χ0) is 13.8. The molecule has 5 nitrogen and oxygen atoms in total. The quantitative estimate of drug-likeness (QED) is 0.937. The third-order valence-corrected chi connectivity index (χ3v) is 4.84. The van der Waals surface area contributed by atoms with E-state index in [0.29, 0.717) is 12.0 Å². The van der Waals surface area contributed by atoms with Crippen LogP contribution < -0.4 is 4.74 Å². The number of nitrogens with zero attached hydrogens (tertiary/aromatic N) is 3. The fourth-order valence-electron chi connectivity index (χ4n) is 3.37. The smallest absolute Gasteiger partial charge is 0.234 e. The molecule has 3 aliphatic rings. The number of ether oxygens (including phenoxy) is 1. The summed E-state index contributed by atoms with van der Waals surface area (Å²) < 4.78 is 5.75. The first-order valence-corrected chi connectivity index (χ1v) is 8.14. The molecule has 0 bridgehead atoms. The molecule has 5 heteroatoms. The minimum absolute atomic E-state index is 0.372. The summed E-state index contributed by atoms with van der Waals surface area (Å²) in [5, 5.41) is 0. The van der Waals surface area contributed by atoms with Crippen molar-refractivity contribution in [3.63, 3.8) is 0 Å². The molecule has 0 radical (unpaired) electrons. The molecule has 1 aliphatic heterocycles.